The number of hydrogen-bond donors (Lipinski definition) is 1. The number of benzene rings is 1. The number of nitrogens with one attached hydrogen (secondary N) is 1. The summed E-state index contributed by atoms with van der Waals surface area (Å²) in [5.74, 6) is 1.48. The van der Waals surface area contributed by atoms with E-state index >= 15 is 0 Å². The molecule has 10 heteroatoms. The van der Waals surface area contributed by atoms with Crippen molar-refractivity contribution in [1.82, 2.24) is 19.7 Å². The Morgan fingerprint density at radius 1 is 1.15 bits per heavy atom. The minimum atomic E-state index is -0.109. The van der Waals surface area contributed by atoms with Crippen LogP contribution in [0.2, 0.25) is 0 Å². The molecule has 0 radical (unpaired) electrons. The van der Waals surface area contributed by atoms with E-state index in [1.807, 2.05) is 29.6 Å². The molecule has 33 heavy (non-hydrogen) atoms. The molecule has 0 aliphatic rings. The van der Waals surface area contributed by atoms with Gasteiger partial charge in [-0.15, -0.1) is 32.9 Å². The third-order valence-corrected chi connectivity index (χ3v) is 8.32. The minimum Gasteiger partial charge on any atom is -0.302 e. The molecule has 0 saturated carbocycles. The highest BCUT2D eigenvalue weighted by molar-refractivity contribution is 9.10. The van der Waals surface area contributed by atoms with Crippen LogP contribution in [0.3, 0.4) is 0 Å². The van der Waals surface area contributed by atoms with Crippen LogP contribution in [0.25, 0.3) is 22.6 Å². The van der Waals surface area contributed by atoms with Crippen molar-refractivity contribution in [3.8, 4) is 22.6 Å². The van der Waals surface area contributed by atoms with Crippen LogP contribution in [0.15, 0.2) is 50.7 Å². The first kappa shape index (κ1) is 24.1. The van der Waals surface area contributed by atoms with Crippen LogP contribution in [0, 0.1) is 0 Å². The first-order chi connectivity index (χ1) is 15.9. The topological polar surface area (TPSA) is 72.7 Å². The van der Waals surface area contributed by atoms with Crippen molar-refractivity contribution < 1.29 is 4.79 Å². The number of carbonyl (C=O) groups excluding carboxylic acids is 1. The van der Waals surface area contributed by atoms with E-state index in [1.54, 1.807) is 11.3 Å². The lowest BCUT2D eigenvalue weighted by Crippen LogP contribution is -2.14. The fraction of sp³-hybridized carbons (Fsp3) is 0.304. The zero-order chi connectivity index (χ0) is 23.4. The van der Waals surface area contributed by atoms with Crippen molar-refractivity contribution in [3.05, 3.63) is 50.4 Å². The largest absolute Gasteiger partial charge is 0.302 e. The number of carbonyl (C=O) groups is 1. The molecule has 0 atom stereocenters. The lowest BCUT2D eigenvalue weighted by Gasteiger charge is -2.08. The standard InChI is InChI=1S/C23H24BrN5OS3/c1-4-9-29-21(16-10-19(14(2)3)31-11-16)27-28-23(29)33-13-20(30)26-22-25-18(12-32-22)15-5-7-17(24)8-6-15/h5-8,10-12,14H,4,9,13H2,1-3H3,(H,25,26,30). The van der Waals surface area contributed by atoms with Gasteiger partial charge in [-0.2, -0.15) is 0 Å². The quantitative estimate of drug-likeness (QED) is 0.219. The number of halogens is 1. The van der Waals surface area contributed by atoms with Crippen LogP contribution < -0.4 is 5.32 Å². The molecule has 3 aromatic heterocycles. The van der Waals surface area contributed by atoms with E-state index in [0.29, 0.717) is 11.0 Å². The molecule has 0 saturated heterocycles. The van der Waals surface area contributed by atoms with E-state index in [9.17, 15) is 4.79 Å². The molecule has 6 nitrogen and oxygen atoms in total. The zero-order valence-corrected chi connectivity index (χ0v) is 22.6. The van der Waals surface area contributed by atoms with Crippen molar-refractivity contribution in [2.75, 3.05) is 11.1 Å². The fourth-order valence-electron chi connectivity index (χ4n) is 3.18. The molecule has 0 unspecified atom stereocenters. The molecule has 4 aromatic rings. The van der Waals surface area contributed by atoms with Gasteiger partial charge in [-0.25, -0.2) is 4.98 Å². The Labute approximate surface area is 214 Å². The predicted molar refractivity (Wildman–Crippen MR) is 142 cm³/mol. The number of thiazole rings is 1. The maximum atomic E-state index is 12.6. The SMILES string of the molecule is CCCn1c(SCC(=O)Nc2nc(-c3ccc(Br)cc3)cs2)nnc1-c1csc(C(C)C)c1. The van der Waals surface area contributed by atoms with Crippen LogP contribution >= 0.6 is 50.4 Å². The lowest BCUT2D eigenvalue weighted by atomic mass is 10.1. The third-order valence-electron chi connectivity index (χ3n) is 4.83. The molecule has 1 aromatic carbocycles. The summed E-state index contributed by atoms with van der Waals surface area (Å²) in [7, 11) is 0. The zero-order valence-electron chi connectivity index (χ0n) is 18.5. The van der Waals surface area contributed by atoms with Crippen molar-refractivity contribution in [2.45, 2.75) is 44.8 Å². The van der Waals surface area contributed by atoms with E-state index in [2.05, 4.69) is 73.2 Å². The summed E-state index contributed by atoms with van der Waals surface area (Å²) in [5, 5.41) is 17.2. The number of hydrogen-bond acceptors (Lipinski definition) is 7. The number of nitrogens with zero attached hydrogens (tertiary/aromatic N) is 4. The Morgan fingerprint density at radius 2 is 1.94 bits per heavy atom. The lowest BCUT2D eigenvalue weighted by molar-refractivity contribution is -0.113. The van der Waals surface area contributed by atoms with Gasteiger partial charge < -0.3 is 9.88 Å². The number of anilines is 1. The second-order valence-electron chi connectivity index (χ2n) is 7.73. The summed E-state index contributed by atoms with van der Waals surface area (Å²) in [6, 6.07) is 10.1. The Morgan fingerprint density at radius 3 is 2.64 bits per heavy atom. The van der Waals surface area contributed by atoms with E-state index in [4.69, 9.17) is 0 Å². The van der Waals surface area contributed by atoms with Crippen molar-refractivity contribution in [2.24, 2.45) is 0 Å². The predicted octanol–water partition coefficient (Wildman–Crippen LogP) is 7.16. The van der Waals surface area contributed by atoms with Gasteiger partial charge in [0, 0.05) is 37.8 Å². The first-order valence-corrected chi connectivity index (χ1v) is 14.1. The fourth-order valence-corrected chi connectivity index (χ4v) is 5.85. The minimum absolute atomic E-state index is 0.109. The molecule has 0 aliphatic heterocycles. The van der Waals surface area contributed by atoms with E-state index in [1.165, 1.54) is 28.0 Å². The summed E-state index contributed by atoms with van der Waals surface area (Å²) in [4.78, 5) is 18.4. The van der Waals surface area contributed by atoms with Crippen LogP contribution in [-0.4, -0.2) is 31.4 Å². The molecular weight excluding hydrogens is 538 g/mol. The molecule has 4 rings (SSSR count). The van der Waals surface area contributed by atoms with Gasteiger partial charge in [0.1, 0.15) is 0 Å². The normalized spacial score (nSPS) is 11.3. The first-order valence-electron chi connectivity index (χ1n) is 10.6. The van der Waals surface area contributed by atoms with Crippen LogP contribution in [-0.2, 0) is 11.3 Å². The molecular formula is C23H24BrN5OS3. The van der Waals surface area contributed by atoms with Crippen LogP contribution in [0.5, 0.6) is 0 Å². The van der Waals surface area contributed by atoms with Gasteiger partial charge in [0.15, 0.2) is 16.1 Å². The molecule has 0 spiro atoms. The van der Waals surface area contributed by atoms with E-state index in [0.717, 1.165) is 45.2 Å². The third kappa shape index (κ3) is 5.92. The monoisotopic (exact) mass is 561 g/mol. The second kappa shape index (κ2) is 10.9. The van der Waals surface area contributed by atoms with Crippen molar-refractivity contribution in [1.29, 1.82) is 0 Å². The van der Waals surface area contributed by atoms with Gasteiger partial charge in [0.05, 0.1) is 11.4 Å². The molecule has 1 amide bonds. The maximum Gasteiger partial charge on any atom is 0.236 e. The summed E-state index contributed by atoms with van der Waals surface area (Å²) in [6.07, 6.45) is 0.962. The Balaban J connectivity index is 1.41. The van der Waals surface area contributed by atoms with Crippen molar-refractivity contribution in [3.63, 3.8) is 0 Å². The summed E-state index contributed by atoms with van der Waals surface area (Å²) < 4.78 is 3.13. The van der Waals surface area contributed by atoms with Gasteiger partial charge >= 0.3 is 0 Å². The second-order valence-corrected chi connectivity index (χ2v) is 11.4. The Hall–Kier alpha value is -2.01. The van der Waals surface area contributed by atoms with Gasteiger partial charge in [-0.1, -0.05) is 60.6 Å². The Kier molecular flexibility index (Phi) is 8.00. The van der Waals surface area contributed by atoms with E-state index in [-0.39, 0.29) is 11.7 Å². The van der Waals surface area contributed by atoms with Gasteiger partial charge in [-0.3, -0.25) is 4.79 Å². The number of thiophene rings is 1. The molecule has 1 N–H and O–H groups in total. The maximum absolute atomic E-state index is 12.6. The Bertz CT molecular complexity index is 1230. The highest BCUT2D eigenvalue weighted by atomic mass is 79.9. The molecule has 3 heterocycles. The average Bonchev–Trinajstić information content (AvgIpc) is 3.53. The van der Waals surface area contributed by atoms with Crippen LogP contribution in [0.4, 0.5) is 5.13 Å². The summed E-state index contributed by atoms with van der Waals surface area (Å²) in [5.41, 5.74) is 2.95. The van der Waals surface area contributed by atoms with Gasteiger partial charge in [0.2, 0.25) is 5.91 Å². The molecule has 0 aliphatic carbocycles. The smallest absolute Gasteiger partial charge is 0.236 e. The highest BCUT2D eigenvalue weighted by Crippen LogP contribution is 2.31. The molecule has 0 fully saturated rings. The summed E-state index contributed by atoms with van der Waals surface area (Å²) >= 11 is 8.01. The highest BCUT2D eigenvalue weighted by Gasteiger charge is 2.17. The van der Waals surface area contributed by atoms with E-state index < -0.39 is 0 Å². The number of amides is 1. The molecule has 0 bridgehead atoms. The number of aromatic nitrogens is 4. The van der Waals surface area contributed by atoms with Gasteiger partial charge in [-0.05, 0) is 30.5 Å². The average molecular weight is 563 g/mol. The summed E-state index contributed by atoms with van der Waals surface area (Å²) in [6.45, 7) is 7.32. The number of thioether (sulfide) groups is 1. The van der Waals surface area contributed by atoms with Gasteiger partial charge in [0.25, 0.3) is 0 Å². The van der Waals surface area contributed by atoms with Crippen molar-refractivity contribution >= 4 is 61.4 Å². The van der Waals surface area contributed by atoms with Crippen LogP contribution in [0.1, 0.15) is 38.0 Å². The number of rotatable bonds is 9. The molecule has 172 valence electrons.